The highest BCUT2D eigenvalue weighted by molar-refractivity contribution is 5.46. The molecule has 1 heterocycles. The van der Waals surface area contributed by atoms with Crippen LogP contribution in [-0.2, 0) is 7.05 Å². The van der Waals surface area contributed by atoms with Gasteiger partial charge in [-0.15, -0.1) is 0 Å². The lowest BCUT2D eigenvalue weighted by Crippen LogP contribution is -2.34. The maximum Gasteiger partial charge on any atom is 0.0825 e. The molecule has 0 amide bonds. The molecule has 3 atom stereocenters. The van der Waals surface area contributed by atoms with Crippen LogP contribution in [0.15, 0.2) is 6.20 Å². The second-order valence-corrected chi connectivity index (χ2v) is 6.26. The van der Waals surface area contributed by atoms with Crippen LogP contribution in [0.2, 0.25) is 0 Å². The van der Waals surface area contributed by atoms with E-state index in [4.69, 9.17) is 0 Å². The van der Waals surface area contributed by atoms with Crippen molar-refractivity contribution in [1.29, 1.82) is 0 Å². The molecule has 1 aromatic rings. The molecule has 0 radical (unpaired) electrons. The van der Waals surface area contributed by atoms with Crippen molar-refractivity contribution >= 4 is 5.69 Å². The monoisotopic (exact) mass is 247 g/mol. The Morgan fingerprint density at radius 2 is 1.94 bits per heavy atom. The third-order valence-electron chi connectivity index (χ3n) is 4.91. The zero-order valence-corrected chi connectivity index (χ0v) is 11.7. The molecule has 18 heavy (non-hydrogen) atoms. The van der Waals surface area contributed by atoms with E-state index < -0.39 is 0 Å². The molecule has 1 N–H and O–H groups in total. The van der Waals surface area contributed by atoms with Crippen molar-refractivity contribution in [3.63, 3.8) is 0 Å². The summed E-state index contributed by atoms with van der Waals surface area (Å²) in [4.78, 5) is 0. The summed E-state index contributed by atoms with van der Waals surface area (Å²) in [6.45, 7) is 2.09. The van der Waals surface area contributed by atoms with Crippen molar-refractivity contribution < 1.29 is 0 Å². The first kappa shape index (κ1) is 12.1. The lowest BCUT2D eigenvalue weighted by molar-refractivity contribution is 0.162. The quantitative estimate of drug-likeness (QED) is 0.867. The predicted molar refractivity (Wildman–Crippen MR) is 74.7 cm³/mol. The fraction of sp³-hybridized carbons (Fsp3) is 0.800. The fourth-order valence-corrected chi connectivity index (χ4v) is 3.97. The third kappa shape index (κ3) is 2.40. The van der Waals surface area contributed by atoms with E-state index in [0.717, 1.165) is 17.5 Å². The molecule has 100 valence electrons. The van der Waals surface area contributed by atoms with Crippen LogP contribution < -0.4 is 5.32 Å². The van der Waals surface area contributed by atoms with E-state index in [1.165, 1.54) is 50.6 Å². The number of nitrogens with zero attached hydrogens (tertiary/aromatic N) is 2. The Balaban J connectivity index is 1.62. The van der Waals surface area contributed by atoms with Gasteiger partial charge < -0.3 is 5.32 Å². The molecule has 0 aromatic carbocycles. The van der Waals surface area contributed by atoms with E-state index in [9.17, 15) is 0 Å². The molecule has 0 spiro atoms. The first-order valence-corrected chi connectivity index (χ1v) is 7.49. The molecule has 1 aromatic heterocycles. The summed E-state index contributed by atoms with van der Waals surface area (Å²) in [6.07, 6.45) is 12.2. The molecule has 0 aliphatic heterocycles. The lowest BCUT2D eigenvalue weighted by atomic mass is 9.69. The topological polar surface area (TPSA) is 29.9 Å². The minimum Gasteiger partial charge on any atom is -0.380 e. The van der Waals surface area contributed by atoms with Crippen molar-refractivity contribution in [2.24, 2.45) is 18.9 Å². The molecule has 3 unspecified atom stereocenters. The second kappa shape index (κ2) is 4.94. The summed E-state index contributed by atoms with van der Waals surface area (Å²) in [7, 11) is 2.00. The van der Waals surface area contributed by atoms with Crippen molar-refractivity contribution in [3.05, 3.63) is 11.9 Å². The average molecular weight is 247 g/mol. The first-order valence-electron chi connectivity index (χ1n) is 7.49. The molecule has 2 aliphatic carbocycles. The molecule has 3 rings (SSSR count). The normalized spacial score (nSPS) is 32.0. The van der Waals surface area contributed by atoms with Crippen molar-refractivity contribution in [2.45, 2.75) is 57.9 Å². The smallest absolute Gasteiger partial charge is 0.0825 e. The summed E-state index contributed by atoms with van der Waals surface area (Å²) >= 11 is 0. The average Bonchev–Trinajstić information content (AvgIpc) is 2.68. The molecule has 0 bridgehead atoms. The van der Waals surface area contributed by atoms with Crippen LogP contribution in [0, 0.1) is 18.8 Å². The van der Waals surface area contributed by atoms with Gasteiger partial charge in [0.25, 0.3) is 0 Å². The first-order chi connectivity index (χ1) is 8.72. The molecule has 3 heteroatoms. The Morgan fingerprint density at radius 3 is 2.67 bits per heavy atom. The van der Waals surface area contributed by atoms with Gasteiger partial charge in [0.15, 0.2) is 0 Å². The highest BCUT2D eigenvalue weighted by Gasteiger charge is 2.32. The van der Waals surface area contributed by atoms with E-state index >= 15 is 0 Å². The SMILES string of the molecule is Cc1nn(C)cc1NC1CCC2CCCCC2C1. The van der Waals surface area contributed by atoms with Gasteiger partial charge in [0.05, 0.1) is 11.4 Å². The van der Waals surface area contributed by atoms with E-state index in [0.29, 0.717) is 6.04 Å². The van der Waals surface area contributed by atoms with Gasteiger partial charge in [-0.1, -0.05) is 25.7 Å². The van der Waals surface area contributed by atoms with Crippen molar-refractivity contribution in [3.8, 4) is 0 Å². The van der Waals surface area contributed by atoms with Gasteiger partial charge >= 0.3 is 0 Å². The molecular formula is C15H25N3. The van der Waals surface area contributed by atoms with Crippen LogP contribution in [0.3, 0.4) is 0 Å². The second-order valence-electron chi connectivity index (χ2n) is 6.26. The Labute approximate surface area is 110 Å². The minimum atomic E-state index is 0.673. The molecule has 2 aliphatic rings. The molecule has 3 nitrogen and oxygen atoms in total. The van der Waals surface area contributed by atoms with Crippen LogP contribution in [-0.4, -0.2) is 15.8 Å². The third-order valence-corrected chi connectivity index (χ3v) is 4.91. The number of hydrogen-bond donors (Lipinski definition) is 1. The summed E-state index contributed by atoms with van der Waals surface area (Å²) in [5, 5.41) is 8.13. The van der Waals surface area contributed by atoms with Gasteiger partial charge in [-0.05, 0) is 38.0 Å². The summed E-state index contributed by atoms with van der Waals surface area (Å²) in [6, 6.07) is 0.673. The summed E-state index contributed by atoms with van der Waals surface area (Å²) in [5.41, 5.74) is 2.36. The number of hydrogen-bond acceptors (Lipinski definition) is 2. The maximum absolute atomic E-state index is 4.41. The number of rotatable bonds is 2. The van der Waals surface area contributed by atoms with Crippen molar-refractivity contribution in [1.82, 2.24) is 9.78 Å². The van der Waals surface area contributed by atoms with Crippen LogP contribution in [0.4, 0.5) is 5.69 Å². The van der Waals surface area contributed by atoms with Crippen molar-refractivity contribution in [2.75, 3.05) is 5.32 Å². The molecule has 0 saturated heterocycles. The Hall–Kier alpha value is -0.990. The van der Waals surface area contributed by atoms with Crippen LogP contribution in [0.25, 0.3) is 0 Å². The Bertz CT molecular complexity index is 410. The highest BCUT2D eigenvalue weighted by atomic mass is 15.3. The largest absolute Gasteiger partial charge is 0.380 e. The number of anilines is 1. The van der Waals surface area contributed by atoms with Crippen LogP contribution in [0.1, 0.15) is 50.6 Å². The number of aromatic nitrogens is 2. The van der Waals surface area contributed by atoms with Gasteiger partial charge in [0, 0.05) is 19.3 Å². The van der Waals surface area contributed by atoms with Crippen LogP contribution >= 0.6 is 0 Å². The van der Waals surface area contributed by atoms with Gasteiger partial charge in [0.1, 0.15) is 0 Å². The zero-order valence-electron chi connectivity index (χ0n) is 11.7. The highest BCUT2D eigenvalue weighted by Crippen LogP contribution is 2.41. The summed E-state index contributed by atoms with van der Waals surface area (Å²) in [5.74, 6) is 2.02. The van der Waals surface area contributed by atoms with Gasteiger partial charge in [-0.2, -0.15) is 5.10 Å². The zero-order chi connectivity index (χ0) is 12.5. The van der Waals surface area contributed by atoms with E-state index in [1.807, 2.05) is 11.7 Å². The van der Waals surface area contributed by atoms with E-state index in [-0.39, 0.29) is 0 Å². The maximum atomic E-state index is 4.41. The fourth-order valence-electron chi connectivity index (χ4n) is 3.97. The van der Waals surface area contributed by atoms with E-state index in [2.05, 4.69) is 23.5 Å². The summed E-state index contributed by atoms with van der Waals surface area (Å²) < 4.78 is 1.91. The molecule has 2 fully saturated rings. The Kier molecular flexibility index (Phi) is 3.31. The minimum absolute atomic E-state index is 0.673. The Morgan fingerprint density at radius 1 is 1.17 bits per heavy atom. The predicted octanol–water partition coefficient (Wildman–Crippen LogP) is 3.50. The number of nitrogens with one attached hydrogen (secondary N) is 1. The lowest BCUT2D eigenvalue weighted by Gasteiger charge is -2.39. The number of fused-ring (bicyclic) bond motifs is 1. The molecule has 2 saturated carbocycles. The van der Waals surface area contributed by atoms with Gasteiger partial charge in [-0.3, -0.25) is 4.68 Å². The van der Waals surface area contributed by atoms with Gasteiger partial charge in [0.2, 0.25) is 0 Å². The van der Waals surface area contributed by atoms with E-state index in [1.54, 1.807) is 0 Å². The van der Waals surface area contributed by atoms with Gasteiger partial charge in [-0.25, -0.2) is 0 Å². The standard InChI is InChI=1S/C15H25N3/c1-11-15(10-18(2)17-11)16-14-8-7-12-5-3-4-6-13(12)9-14/h10,12-14,16H,3-9H2,1-2H3. The molecular weight excluding hydrogens is 222 g/mol. The number of aryl methyl sites for hydroxylation is 2. The van der Waals surface area contributed by atoms with Crippen LogP contribution in [0.5, 0.6) is 0 Å².